The first-order valence-electron chi connectivity index (χ1n) is 8.50. The number of ether oxygens (including phenoxy) is 1. The summed E-state index contributed by atoms with van der Waals surface area (Å²) in [7, 11) is 0. The van der Waals surface area contributed by atoms with Crippen molar-refractivity contribution in [3.8, 4) is 0 Å². The zero-order valence-electron chi connectivity index (χ0n) is 15.0. The van der Waals surface area contributed by atoms with Crippen molar-refractivity contribution in [1.29, 1.82) is 0 Å². The van der Waals surface area contributed by atoms with E-state index in [0.717, 1.165) is 11.3 Å². The molecule has 1 saturated heterocycles. The van der Waals surface area contributed by atoms with Crippen molar-refractivity contribution in [3.63, 3.8) is 0 Å². The number of halogens is 4. The third-order valence-corrected chi connectivity index (χ3v) is 5.98. The fourth-order valence-corrected chi connectivity index (χ4v) is 4.29. The number of cyclic esters (lactones) is 1. The van der Waals surface area contributed by atoms with Crippen molar-refractivity contribution in [2.75, 3.05) is 23.8 Å². The molecule has 1 atom stereocenters. The van der Waals surface area contributed by atoms with Gasteiger partial charge in [-0.1, -0.05) is 29.9 Å². The third kappa shape index (κ3) is 3.72. The van der Waals surface area contributed by atoms with Crippen LogP contribution in [0.1, 0.15) is 37.3 Å². The molecule has 0 radical (unpaired) electrons. The normalized spacial score (nSPS) is 19.6. The van der Waals surface area contributed by atoms with Gasteiger partial charge in [-0.15, -0.1) is 0 Å². The molecule has 1 aliphatic rings. The molecule has 0 spiro atoms. The lowest BCUT2D eigenvalue weighted by molar-refractivity contribution is -0.143. The van der Waals surface area contributed by atoms with E-state index in [0.29, 0.717) is 35.7 Å². The largest absolute Gasteiger partial charge is 0.465 e. The SMILES string of the molecule is CCNc1nc(Nc2sc([C@]3(CC)CCOC3=O)nc2Cl)ncc1C(F)(F)F. The Morgan fingerprint density at radius 2 is 2.11 bits per heavy atom. The van der Waals surface area contributed by atoms with Crippen LogP contribution in [0, 0.1) is 0 Å². The maximum Gasteiger partial charge on any atom is 0.421 e. The Morgan fingerprint density at radius 3 is 2.68 bits per heavy atom. The number of carbonyl (C=O) groups excluding carboxylic acids is 1. The number of nitrogens with one attached hydrogen (secondary N) is 2. The summed E-state index contributed by atoms with van der Waals surface area (Å²) in [5.74, 6) is -0.759. The van der Waals surface area contributed by atoms with Crippen molar-refractivity contribution < 1.29 is 22.7 Å². The van der Waals surface area contributed by atoms with Crippen LogP contribution in [0.25, 0.3) is 0 Å². The molecule has 3 heterocycles. The van der Waals surface area contributed by atoms with E-state index < -0.39 is 17.2 Å². The van der Waals surface area contributed by atoms with Crippen molar-refractivity contribution in [2.24, 2.45) is 0 Å². The van der Waals surface area contributed by atoms with Gasteiger partial charge in [0.2, 0.25) is 5.95 Å². The topological polar surface area (TPSA) is 89.0 Å². The predicted octanol–water partition coefficient (Wildman–Crippen LogP) is 4.38. The minimum Gasteiger partial charge on any atom is -0.465 e. The van der Waals surface area contributed by atoms with Crippen LogP contribution in [0.15, 0.2) is 6.20 Å². The van der Waals surface area contributed by atoms with E-state index in [2.05, 4.69) is 25.6 Å². The molecule has 1 aliphatic heterocycles. The fraction of sp³-hybridized carbons (Fsp3) is 0.500. The summed E-state index contributed by atoms with van der Waals surface area (Å²) in [5.41, 5.74) is -1.82. The molecule has 0 unspecified atom stereocenters. The van der Waals surface area contributed by atoms with E-state index in [1.807, 2.05) is 6.92 Å². The molecule has 0 bridgehead atoms. The van der Waals surface area contributed by atoms with Crippen molar-refractivity contribution in [3.05, 3.63) is 21.9 Å². The first kappa shape index (κ1) is 20.6. The molecule has 12 heteroatoms. The van der Waals surface area contributed by atoms with Crippen molar-refractivity contribution >= 4 is 45.7 Å². The van der Waals surface area contributed by atoms with Gasteiger partial charge in [-0.2, -0.15) is 18.2 Å². The zero-order chi connectivity index (χ0) is 20.5. The first-order valence-corrected chi connectivity index (χ1v) is 9.70. The van der Waals surface area contributed by atoms with Crippen LogP contribution in [-0.4, -0.2) is 34.1 Å². The number of hydrogen-bond acceptors (Lipinski definition) is 8. The van der Waals surface area contributed by atoms with Gasteiger partial charge >= 0.3 is 12.1 Å². The highest BCUT2D eigenvalue weighted by molar-refractivity contribution is 7.16. The number of esters is 1. The van der Waals surface area contributed by atoms with Crippen LogP contribution in [0.5, 0.6) is 0 Å². The molecule has 28 heavy (non-hydrogen) atoms. The summed E-state index contributed by atoms with van der Waals surface area (Å²) in [5, 5.41) is 6.28. The van der Waals surface area contributed by atoms with E-state index >= 15 is 0 Å². The van der Waals surface area contributed by atoms with Gasteiger partial charge in [-0.05, 0) is 13.3 Å². The minimum atomic E-state index is -4.58. The molecule has 2 aromatic heterocycles. The van der Waals surface area contributed by atoms with Gasteiger partial charge in [0, 0.05) is 19.2 Å². The molecule has 1 fully saturated rings. The van der Waals surface area contributed by atoms with E-state index in [-0.39, 0.29) is 29.4 Å². The van der Waals surface area contributed by atoms with Gasteiger partial charge in [0.1, 0.15) is 26.8 Å². The standard InChI is InChI=1S/C16H17ClF3N5O2S/c1-3-15(5-6-27-13(15)26)12-23-9(17)11(28-12)25-14-22-7-8(16(18,19)20)10(24-14)21-4-2/h7H,3-6H2,1-2H3,(H2,21,22,24,25)/t15-/m0/s1. The molecular formula is C16H17ClF3N5O2S. The highest BCUT2D eigenvalue weighted by Crippen LogP contribution is 2.44. The molecule has 7 nitrogen and oxygen atoms in total. The van der Waals surface area contributed by atoms with Crippen molar-refractivity contribution in [1.82, 2.24) is 15.0 Å². The maximum atomic E-state index is 13.1. The lowest BCUT2D eigenvalue weighted by atomic mass is 9.84. The van der Waals surface area contributed by atoms with Gasteiger partial charge < -0.3 is 15.4 Å². The lowest BCUT2D eigenvalue weighted by Crippen LogP contribution is -2.30. The average Bonchev–Trinajstić information content (AvgIpc) is 3.18. The summed E-state index contributed by atoms with van der Waals surface area (Å²) in [4.78, 5) is 24.1. The van der Waals surface area contributed by atoms with Crippen LogP contribution in [0.2, 0.25) is 5.15 Å². The molecule has 152 valence electrons. The second kappa shape index (κ2) is 7.70. The van der Waals surface area contributed by atoms with Crippen molar-refractivity contribution in [2.45, 2.75) is 38.3 Å². The summed E-state index contributed by atoms with van der Waals surface area (Å²) in [6.07, 6.45) is -2.89. The first-order chi connectivity index (χ1) is 13.2. The molecule has 0 aromatic carbocycles. The fourth-order valence-electron chi connectivity index (χ4n) is 2.86. The number of anilines is 3. The monoisotopic (exact) mass is 435 g/mol. The van der Waals surface area contributed by atoms with E-state index in [1.165, 1.54) is 0 Å². The number of nitrogens with zero attached hydrogens (tertiary/aromatic N) is 3. The summed E-state index contributed by atoms with van der Waals surface area (Å²) in [6.45, 7) is 4.08. The number of thiazole rings is 1. The molecule has 0 saturated carbocycles. The van der Waals surface area contributed by atoms with Gasteiger partial charge in [0.05, 0.1) is 6.61 Å². The molecule has 0 aliphatic carbocycles. The van der Waals surface area contributed by atoms with Crippen LogP contribution >= 0.6 is 22.9 Å². The van der Waals surface area contributed by atoms with Crippen LogP contribution in [0.4, 0.5) is 29.9 Å². The van der Waals surface area contributed by atoms with Gasteiger partial charge in [0.25, 0.3) is 0 Å². The quantitative estimate of drug-likeness (QED) is 0.651. The van der Waals surface area contributed by atoms with E-state index in [1.54, 1.807) is 6.92 Å². The number of carbonyl (C=O) groups is 1. The maximum absolute atomic E-state index is 13.1. The second-order valence-electron chi connectivity index (χ2n) is 6.07. The van der Waals surface area contributed by atoms with Gasteiger partial charge in [0.15, 0.2) is 5.15 Å². The highest BCUT2D eigenvalue weighted by atomic mass is 35.5. The molecule has 3 rings (SSSR count). The Labute approximate surface area is 167 Å². The van der Waals surface area contributed by atoms with E-state index in [4.69, 9.17) is 16.3 Å². The second-order valence-corrected chi connectivity index (χ2v) is 7.43. The number of aromatic nitrogens is 3. The van der Waals surface area contributed by atoms with E-state index in [9.17, 15) is 18.0 Å². The third-order valence-electron chi connectivity index (χ3n) is 4.42. The Morgan fingerprint density at radius 1 is 1.36 bits per heavy atom. The zero-order valence-corrected chi connectivity index (χ0v) is 16.6. The van der Waals surface area contributed by atoms with Crippen LogP contribution < -0.4 is 10.6 Å². The highest BCUT2D eigenvalue weighted by Gasteiger charge is 2.47. The lowest BCUT2D eigenvalue weighted by Gasteiger charge is -2.19. The summed E-state index contributed by atoms with van der Waals surface area (Å²) >= 11 is 7.31. The van der Waals surface area contributed by atoms with Crippen LogP contribution in [-0.2, 0) is 21.1 Å². The summed E-state index contributed by atoms with van der Waals surface area (Å²) < 4.78 is 44.3. The molecular weight excluding hydrogens is 419 g/mol. The predicted molar refractivity (Wildman–Crippen MR) is 99.1 cm³/mol. The number of alkyl halides is 3. The Balaban J connectivity index is 1.91. The minimum absolute atomic E-state index is 0.0689. The average molecular weight is 436 g/mol. The molecule has 0 amide bonds. The number of hydrogen-bond donors (Lipinski definition) is 2. The number of rotatable bonds is 6. The molecule has 2 N–H and O–H groups in total. The smallest absolute Gasteiger partial charge is 0.421 e. The Bertz CT molecular complexity index is 892. The Kier molecular flexibility index (Phi) is 5.67. The Hall–Kier alpha value is -2.14. The molecule has 2 aromatic rings. The van der Waals surface area contributed by atoms with Gasteiger partial charge in [-0.3, -0.25) is 4.79 Å². The summed E-state index contributed by atoms with van der Waals surface area (Å²) in [6, 6.07) is 0. The van der Waals surface area contributed by atoms with Gasteiger partial charge in [-0.25, -0.2) is 9.97 Å². The van der Waals surface area contributed by atoms with Crippen LogP contribution in [0.3, 0.4) is 0 Å².